The third-order valence-corrected chi connectivity index (χ3v) is 2.57. The molecule has 1 aliphatic carbocycles. The highest BCUT2D eigenvalue weighted by atomic mass is 16.5. The second-order valence-electron chi connectivity index (χ2n) is 4.11. The van der Waals surface area contributed by atoms with Crippen LogP contribution in [0.3, 0.4) is 0 Å². The minimum atomic E-state index is -0.626. The van der Waals surface area contributed by atoms with Gasteiger partial charge in [-0.15, -0.1) is 0 Å². The van der Waals surface area contributed by atoms with Gasteiger partial charge in [-0.2, -0.15) is 0 Å². The predicted molar refractivity (Wildman–Crippen MR) is 58.8 cm³/mol. The Morgan fingerprint density at radius 2 is 2.27 bits per heavy atom. The number of aliphatic hydroxyl groups is 1. The summed E-state index contributed by atoms with van der Waals surface area (Å²) in [4.78, 5) is 0. The van der Waals surface area contributed by atoms with E-state index in [0.717, 1.165) is 29.7 Å². The molecule has 3 N–H and O–H groups in total. The number of ether oxygens (including phenoxy) is 1. The SMILES string of the molecule is Cc1ccc(OC2CC2)c(C(O)CN)c1. The molecule has 0 bridgehead atoms. The quantitative estimate of drug-likeness (QED) is 0.787. The van der Waals surface area contributed by atoms with Gasteiger partial charge in [0.15, 0.2) is 0 Å². The second kappa shape index (κ2) is 4.21. The molecule has 82 valence electrons. The summed E-state index contributed by atoms with van der Waals surface area (Å²) in [6.45, 7) is 2.22. The van der Waals surface area contributed by atoms with Crippen LogP contribution >= 0.6 is 0 Å². The molecule has 0 heterocycles. The average Bonchev–Trinajstić information content (AvgIpc) is 3.03. The molecule has 0 aliphatic heterocycles. The molecule has 3 heteroatoms. The van der Waals surface area contributed by atoms with Crippen molar-refractivity contribution < 1.29 is 9.84 Å². The van der Waals surface area contributed by atoms with Crippen LogP contribution in [0.2, 0.25) is 0 Å². The van der Waals surface area contributed by atoms with Gasteiger partial charge in [0.25, 0.3) is 0 Å². The summed E-state index contributed by atoms with van der Waals surface area (Å²) >= 11 is 0. The van der Waals surface area contributed by atoms with Crippen LogP contribution in [0.4, 0.5) is 0 Å². The monoisotopic (exact) mass is 207 g/mol. The summed E-state index contributed by atoms with van der Waals surface area (Å²) < 4.78 is 5.72. The number of hydrogen-bond donors (Lipinski definition) is 2. The maximum absolute atomic E-state index is 9.76. The van der Waals surface area contributed by atoms with Crippen molar-refractivity contribution in [1.29, 1.82) is 0 Å². The lowest BCUT2D eigenvalue weighted by Gasteiger charge is -2.15. The van der Waals surface area contributed by atoms with Crippen LogP contribution in [0.25, 0.3) is 0 Å². The lowest BCUT2D eigenvalue weighted by molar-refractivity contribution is 0.178. The molecule has 1 saturated carbocycles. The van der Waals surface area contributed by atoms with Crippen LogP contribution < -0.4 is 10.5 Å². The fourth-order valence-electron chi connectivity index (χ4n) is 1.53. The van der Waals surface area contributed by atoms with Crippen molar-refractivity contribution in [2.45, 2.75) is 32.0 Å². The molecule has 0 aromatic heterocycles. The zero-order chi connectivity index (χ0) is 10.8. The first-order chi connectivity index (χ1) is 7.20. The molecule has 1 aromatic rings. The first kappa shape index (κ1) is 10.5. The number of nitrogens with two attached hydrogens (primary N) is 1. The van der Waals surface area contributed by atoms with E-state index in [1.54, 1.807) is 0 Å². The fourth-order valence-corrected chi connectivity index (χ4v) is 1.53. The zero-order valence-electron chi connectivity index (χ0n) is 8.94. The highest BCUT2D eigenvalue weighted by molar-refractivity contribution is 5.39. The number of benzene rings is 1. The number of hydrogen-bond acceptors (Lipinski definition) is 3. The Morgan fingerprint density at radius 1 is 1.53 bits per heavy atom. The lowest BCUT2D eigenvalue weighted by atomic mass is 10.1. The Kier molecular flexibility index (Phi) is 2.93. The van der Waals surface area contributed by atoms with Crippen molar-refractivity contribution >= 4 is 0 Å². The first-order valence-electron chi connectivity index (χ1n) is 5.36. The third-order valence-electron chi connectivity index (χ3n) is 2.57. The van der Waals surface area contributed by atoms with Gasteiger partial charge >= 0.3 is 0 Å². The molecule has 0 saturated heterocycles. The predicted octanol–water partition coefficient (Wildman–Crippen LogP) is 1.53. The molecule has 15 heavy (non-hydrogen) atoms. The van der Waals surface area contributed by atoms with Crippen LogP contribution in [-0.4, -0.2) is 17.8 Å². The largest absolute Gasteiger partial charge is 0.490 e. The normalized spacial score (nSPS) is 17.5. The van der Waals surface area contributed by atoms with Crippen LogP contribution in [0.1, 0.15) is 30.1 Å². The minimum absolute atomic E-state index is 0.227. The second-order valence-corrected chi connectivity index (χ2v) is 4.11. The molecule has 3 nitrogen and oxygen atoms in total. The molecule has 1 aromatic carbocycles. The lowest BCUT2D eigenvalue weighted by Crippen LogP contribution is -2.13. The Hall–Kier alpha value is -1.06. The van der Waals surface area contributed by atoms with Crippen LogP contribution in [0, 0.1) is 6.92 Å². The molecule has 0 amide bonds. The van der Waals surface area contributed by atoms with E-state index in [0.29, 0.717) is 6.10 Å². The summed E-state index contributed by atoms with van der Waals surface area (Å²) in [5, 5.41) is 9.76. The summed E-state index contributed by atoms with van der Waals surface area (Å²) in [5.74, 6) is 0.779. The maximum atomic E-state index is 9.76. The van der Waals surface area contributed by atoms with E-state index in [1.807, 2.05) is 25.1 Å². The Bertz CT molecular complexity index is 347. The van der Waals surface area contributed by atoms with Gasteiger partial charge < -0.3 is 15.6 Å². The molecule has 0 spiro atoms. The smallest absolute Gasteiger partial charge is 0.125 e. The Morgan fingerprint density at radius 3 is 2.87 bits per heavy atom. The molecule has 1 unspecified atom stereocenters. The van der Waals surface area contributed by atoms with Gasteiger partial charge in [0.05, 0.1) is 12.2 Å². The average molecular weight is 207 g/mol. The van der Waals surface area contributed by atoms with E-state index in [2.05, 4.69) is 0 Å². The molecular weight excluding hydrogens is 190 g/mol. The Labute approximate surface area is 89.9 Å². The van der Waals surface area contributed by atoms with E-state index in [-0.39, 0.29) is 6.54 Å². The van der Waals surface area contributed by atoms with E-state index >= 15 is 0 Å². The van der Waals surface area contributed by atoms with Gasteiger partial charge in [0.1, 0.15) is 5.75 Å². The molecule has 1 fully saturated rings. The molecule has 0 radical (unpaired) electrons. The maximum Gasteiger partial charge on any atom is 0.125 e. The number of rotatable bonds is 4. The zero-order valence-corrected chi connectivity index (χ0v) is 8.94. The van der Waals surface area contributed by atoms with Gasteiger partial charge in [0.2, 0.25) is 0 Å². The number of aryl methyl sites for hydroxylation is 1. The summed E-state index contributed by atoms with van der Waals surface area (Å²) in [7, 11) is 0. The van der Waals surface area contributed by atoms with Crippen LogP contribution in [0.5, 0.6) is 5.75 Å². The van der Waals surface area contributed by atoms with Crippen LogP contribution in [-0.2, 0) is 0 Å². The summed E-state index contributed by atoms with van der Waals surface area (Å²) in [5.41, 5.74) is 7.39. The van der Waals surface area contributed by atoms with E-state index in [9.17, 15) is 5.11 Å². The third kappa shape index (κ3) is 2.49. The molecule has 1 aliphatic rings. The van der Waals surface area contributed by atoms with Gasteiger partial charge in [-0.25, -0.2) is 0 Å². The van der Waals surface area contributed by atoms with Gasteiger partial charge in [0, 0.05) is 12.1 Å². The van der Waals surface area contributed by atoms with Gasteiger partial charge in [-0.3, -0.25) is 0 Å². The van der Waals surface area contributed by atoms with Gasteiger partial charge in [-0.1, -0.05) is 11.6 Å². The summed E-state index contributed by atoms with van der Waals surface area (Å²) in [6.07, 6.45) is 1.95. The van der Waals surface area contributed by atoms with Crippen molar-refractivity contribution in [2.24, 2.45) is 5.73 Å². The molecular formula is C12H17NO2. The highest BCUT2D eigenvalue weighted by Gasteiger charge is 2.25. The molecule has 1 atom stereocenters. The number of aliphatic hydroxyl groups excluding tert-OH is 1. The fraction of sp³-hybridized carbons (Fsp3) is 0.500. The van der Waals surface area contributed by atoms with E-state index in [4.69, 9.17) is 10.5 Å². The first-order valence-corrected chi connectivity index (χ1v) is 5.36. The van der Waals surface area contributed by atoms with E-state index < -0.39 is 6.10 Å². The van der Waals surface area contributed by atoms with Gasteiger partial charge in [-0.05, 0) is 31.9 Å². The minimum Gasteiger partial charge on any atom is -0.490 e. The van der Waals surface area contributed by atoms with Crippen molar-refractivity contribution in [3.05, 3.63) is 29.3 Å². The van der Waals surface area contributed by atoms with Crippen molar-refractivity contribution in [2.75, 3.05) is 6.54 Å². The van der Waals surface area contributed by atoms with Crippen molar-refractivity contribution in [1.82, 2.24) is 0 Å². The Balaban J connectivity index is 2.25. The van der Waals surface area contributed by atoms with Crippen molar-refractivity contribution in [3.63, 3.8) is 0 Å². The topological polar surface area (TPSA) is 55.5 Å². The standard InChI is InChI=1S/C12H17NO2/c1-8-2-5-12(15-9-3-4-9)10(6-8)11(14)7-13/h2,5-6,9,11,14H,3-4,7,13H2,1H3. The van der Waals surface area contributed by atoms with E-state index in [1.165, 1.54) is 0 Å². The molecule has 2 rings (SSSR count). The summed E-state index contributed by atoms with van der Waals surface area (Å²) in [6, 6.07) is 5.85. The van der Waals surface area contributed by atoms with Crippen LogP contribution in [0.15, 0.2) is 18.2 Å². The highest BCUT2D eigenvalue weighted by Crippen LogP contribution is 2.32. The van der Waals surface area contributed by atoms with Crippen molar-refractivity contribution in [3.8, 4) is 5.75 Å².